The second-order valence-electron chi connectivity index (χ2n) is 11.1. The van der Waals surface area contributed by atoms with Crippen molar-refractivity contribution >= 4 is 17.5 Å². The number of methoxy groups -OCH3 is 1. The molecule has 2 aliphatic heterocycles. The van der Waals surface area contributed by atoms with Crippen LogP contribution in [0.2, 0.25) is 5.02 Å². The lowest BCUT2D eigenvalue weighted by atomic mass is 9.93. The molecule has 8 heteroatoms. The molecule has 2 saturated heterocycles. The van der Waals surface area contributed by atoms with Crippen LogP contribution in [0.25, 0.3) is 0 Å². The number of aryl methyl sites for hydroxylation is 2. The third-order valence-corrected chi connectivity index (χ3v) is 8.28. The molecule has 1 N–H and O–H groups in total. The Hall–Kier alpha value is -2.48. The second kappa shape index (κ2) is 13.7. The number of hydrogen-bond donors (Lipinski definition) is 1. The van der Waals surface area contributed by atoms with E-state index in [1.165, 1.54) is 0 Å². The molecule has 2 aromatic carbocycles. The van der Waals surface area contributed by atoms with E-state index in [0.29, 0.717) is 44.0 Å². The molecule has 0 bridgehead atoms. The highest BCUT2D eigenvalue weighted by atomic mass is 35.5. The Morgan fingerprint density at radius 3 is 2.56 bits per heavy atom. The van der Waals surface area contributed by atoms with Crippen LogP contribution in [0.3, 0.4) is 0 Å². The van der Waals surface area contributed by atoms with Crippen molar-refractivity contribution in [1.82, 2.24) is 9.80 Å². The fraction of sp³-hybridized carbons (Fsp3) is 0.581. The van der Waals surface area contributed by atoms with Crippen LogP contribution in [-0.2, 0) is 11.3 Å². The summed E-state index contributed by atoms with van der Waals surface area (Å²) in [6.45, 7) is 8.40. The van der Waals surface area contributed by atoms with E-state index < -0.39 is 5.60 Å². The van der Waals surface area contributed by atoms with E-state index in [2.05, 4.69) is 4.90 Å². The first-order chi connectivity index (χ1) is 18.8. The number of hydrogen-bond acceptors (Lipinski definition) is 6. The summed E-state index contributed by atoms with van der Waals surface area (Å²) in [5, 5.41) is 12.1. The molecule has 1 unspecified atom stereocenters. The molecule has 0 radical (unpaired) electrons. The molecular weight excluding hydrogens is 516 g/mol. The van der Waals surface area contributed by atoms with E-state index in [9.17, 15) is 9.90 Å². The Morgan fingerprint density at radius 1 is 1.00 bits per heavy atom. The van der Waals surface area contributed by atoms with Crippen molar-refractivity contribution in [2.45, 2.75) is 70.9 Å². The highest BCUT2D eigenvalue weighted by Gasteiger charge is 2.34. The lowest BCUT2D eigenvalue weighted by molar-refractivity contribution is -0.130. The van der Waals surface area contributed by atoms with Gasteiger partial charge in [-0.25, -0.2) is 0 Å². The number of halogens is 1. The summed E-state index contributed by atoms with van der Waals surface area (Å²) in [7, 11) is 1.65. The van der Waals surface area contributed by atoms with E-state index in [-0.39, 0.29) is 12.5 Å². The molecule has 0 aliphatic carbocycles. The number of rotatable bonds is 11. The Balaban J connectivity index is 1.31. The van der Waals surface area contributed by atoms with Gasteiger partial charge >= 0.3 is 0 Å². The normalized spacial score (nSPS) is 20.5. The highest BCUT2D eigenvalue weighted by molar-refractivity contribution is 6.32. The number of likely N-dealkylation sites (tertiary alicyclic amines) is 2. The Morgan fingerprint density at radius 2 is 1.79 bits per heavy atom. The van der Waals surface area contributed by atoms with Crippen LogP contribution >= 0.6 is 11.6 Å². The molecule has 2 heterocycles. The van der Waals surface area contributed by atoms with Crippen molar-refractivity contribution in [2.24, 2.45) is 0 Å². The summed E-state index contributed by atoms with van der Waals surface area (Å²) >= 11 is 6.29. The van der Waals surface area contributed by atoms with E-state index in [0.717, 1.165) is 79.2 Å². The minimum absolute atomic E-state index is 0.237. The molecule has 1 atom stereocenters. The molecule has 2 aliphatic rings. The van der Waals surface area contributed by atoms with Crippen LogP contribution in [0, 0.1) is 13.8 Å². The fourth-order valence-electron chi connectivity index (χ4n) is 5.57. The summed E-state index contributed by atoms with van der Waals surface area (Å²) < 4.78 is 17.7. The van der Waals surface area contributed by atoms with Crippen LogP contribution < -0.4 is 14.2 Å². The third-order valence-electron chi connectivity index (χ3n) is 7.69. The minimum atomic E-state index is -0.920. The molecule has 1 amide bonds. The van der Waals surface area contributed by atoms with E-state index in [1.807, 2.05) is 49.1 Å². The van der Waals surface area contributed by atoms with Crippen LogP contribution in [-0.4, -0.2) is 72.9 Å². The number of ether oxygens (including phenoxy) is 3. The maximum Gasteiger partial charge on any atom is 0.222 e. The molecule has 214 valence electrons. The summed E-state index contributed by atoms with van der Waals surface area (Å²) in [6, 6.07) is 9.85. The molecule has 0 aromatic heterocycles. The van der Waals surface area contributed by atoms with Crippen LogP contribution in [0.4, 0.5) is 0 Å². The third kappa shape index (κ3) is 8.26. The van der Waals surface area contributed by atoms with E-state index >= 15 is 0 Å². The van der Waals surface area contributed by atoms with E-state index in [1.54, 1.807) is 7.11 Å². The van der Waals surface area contributed by atoms with Crippen molar-refractivity contribution in [2.75, 3.05) is 46.5 Å². The fourth-order valence-corrected chi connectivity index (χ4v) is 5.68. The quantitative estimate of drug-likeness (QED) is 0.365. The van der Waals surface area contributed by atoms with Gasteiger partial charge in [0.05, 0.1) is 13.7 Å². The van der Waals surface area contributed by atoms with Gasteiger partial charge in [0.1, 0.15) is 18.0 Å². The molecule has 7 nitrogen and oxygen atoms in total. The number of benzene rings is 2. The minimum Gasteiger partial charge on any atom is -0.493 e. The average Bonchev–Trinajstić information content (AvgIpc) is 3.12. The predicted molar refractivity (Wildman–Crippen MR) is 154 cm³/mol. The zero-order chi connectivity index (χ0) is 27.8. The lowest BCUT2D eigenvalue weighted by Crippen LogP contribution is -2.51. The smallest absolute Gasteiger partial charge is 0.222 e. The van der Waals surface area contributed by atoms with E-state index in [4.69, 9.17) is 25.8 Å². The van der Waals surface area contributed by atoms with Crippen LogP contribution in [0.5, 0.6) is 17.2 Å². The lowest BCUT2D eigenvalue weighted by Gasteiger charge is -2.39. The van der Waals surface area contributed by atoms with Gasteiger partial charge in [-0.1, -0.05) is 24.1 Å². The predicted octanol–water partition coefficient (Wildman–Crippen LogP) is 5.54. The van der Waals surface area contributed by atoms with Gasteiger partial charge in [0.25, 0.3) is 0 Å². The molecule has 0 spiro atoms. The first-order valence-electron chi connectivity index (χ1n) is 14.2. The van der Waals surface area contributed by atoms with Crippen molar-refractivity contribution in [3.63, 3.8) is 0 Å². The standard InChI is InChI=1S/C31H43ClN2O5/c1-23-17-26(18-24(2)30(23)32)39-22-31(36)12-7-13-33(21-31)20-25-10-11-27(37-3)28(19-25)38-16-8-15-34-14-6-4-5-9-29(34)35/h10-11,17-19,36H,4-9,12-16,20-22H2,1-3H3. The van der Waals surface area contributed by atoms with Crippen molar-refractivity contribution in [1.29, 1.82) is 0 Å². The van der Waals surface area contributed by atoms with Crippen LogP contribution in [0.1, 0.15) is 61.6 Å². The van der Waals surface area contributed by atoms with Crippen molar-refractivity contribution in [3.05, 3.63) is 52.0 Å². The number of carbonyl (C=O) groups excluding carboxylic acids is 1. The van der Waals surface area contributed by atoms with Gasteiger partial charge in [0, 0.05) is 37.6 Å². The van der Waals surface area contributed by atoms with Crippen LogP contribution in [0.15, 0.2) is 30.3 Å². The molecule has 0 saturated carbocycles. The van der Waals surface area contributed by atoms with Gasteiger partial charge < -0.3 is 24.2 Å². The first-order valence-corrected chi connectivity index (χ1v) is 14.6. The zero-order valence-corrected chi connectivity index (χ0v) is 24.4. The maximum atomic E-state index is 12.2. The Kier molecular flexibility index (Phi) is 10.4. The largest absolute Gasteiger partial charge is 0.493 e. The topological polar surface area (TPSA) is 71.5 Å². The van der Waals surface area contributed by atoms with Gasteiger partial charge in [-0.15, -0.1) is 0 Å². The number of nitrogens with zero attached hydrogens (tertiary/aromatic N) is 2. The summed E-state index contributed by atoms with van der Waals surface area (Å²) in [4.78, 5) is 16.5. The Labute approximate surface area is 238 Å². The van der Waals surface area contributed by atoms with Crippen molar-refractivity contribution in [3.8, 4) is 17.2 Å². The Bertz CT molecular complexity index is 1100. The molecule has 2 fully saturated rings. The number of aliphatic hydroxyl groups is 1. The summed E-state index contributed by atoms with van der Waals surface area (Å²) in [6.07, 6.45) is 6.25. The second-order valence-corrected chi connectivity index (χ2v) is 11.5. The van der Waals surface area contributed by atoms with Gasteiger partial charge in [-0.2, -0.15) is 0 Å². The number of β-amino-alcohol motifs (C(OH)–C–C–N with tert-alkyl or cyclic N) is 1. The van der Waals surface area contributed by atoms with Crippen molar-refractivity contribution < 1.29 is 24.1 Å². The maximum absolute atomic E-state index is 12.2. The van der Waals surface area contributed by atoms with Gasteiger partial charge in [0.2, 0.25) is 5.91 Å². The molecule has 39 heavy (non-hydrogen) atoms. The number of piperidine rings is 1. The average molecular weight is 559 g/mol. The van der Waals surface area contributed by atoms with Gasteiger partial charge in [0.15, 0.2) is 11.5 Å². The van der Waals surface area contributed by atoms with Gasteiger partial charge in [-0.05, 0) is 93.5 Å². The molecular formula is C31H43ClN2O5. The first kappa shape index (κ1) is 29.5. The summed E-state index contributed by atoms with van der Waals surface area (Å²) in [5.74, 6) is 2.40. The molecule has 4 rings (SSSR count). The highest BCUT2D eigenvalue weighted by Crippen LogP contribution is 2.31. The number of amides is 1. The zero-order valence-electron chi connectivity index (χ0n) is 23.6. The summed E-state index contributed by atoms with van der Waals surface area (Å²) in [5.41, 5.74) is 2.12. The van der Waals surface area contributed by atoms with Gasteiger partial charge in [-0.3, -0.25) is 9.69 Å². The number of carbonyl (C=O) groups is 1. The molecule has 2 aromatic rings. The monoisotopic (exact) mass is 558 g/mol. The SMILES string of the molecule is COc1ccc(CN2CCCC(O)(COc3cc(C)c(Cl)c(C)c3)C2)cc1OCCCN1CCCCCC1=O.